The third-order valence-corrected chi connectivity index (χ3v) is 4.94. The standard InChI is InChI=1S/C21H22N4O4/c1-27-17-11-5-3-8-14(17)19-23-20(29-24-19)16-10-7-13-25(16)21(26)22-15-9-4-6-12-18(15)28-2/h3-6,8-9,11-12,16H,7,10,13H2,1-2H3,(H,22,26). The van der Waals surface area contributed by atoms with Gasteiger partial charge in [-0.05, 0) is 37.1 Å². The molecule has 1 aliphatic heterocycles. The predicted octanol–water partition coefficient (Wildman–Crippen LogP) is 4.12. The highest BCUT2D eigenvalue weighted by Gasteiger charge is 2.34. The van der Waals surface area contributed by atoms with Crippen LogP contribution < -0.4 is 14.8 Å². The lowest BCUT2D eigenvalue weighted by Crippen LogP contribution is -2.34. The Kier molecular flexibility index (Phi) is 5.33. The number of para-hydroxylation sites is 3. The Hall–Kier alpha value is -3.55. The highest BCUT2D eigenvalue weighted by atomic mass is 16.5. The summed E-state index contributed by atoms with van der Waals surface area (Å²) < 4.78 is 16.2. The lowest BCUT2D eigenvalue weighted by molar-refractivity contribution is 0.193. The molecule has 150 valence electrons. The second kappa shape index (κ2) is 8.22. The first-order chi connectivity index (χ1) is 14.2. The minimum Gasteiger partial charge on any atom is -0.496 e. The molecule has 3 aromatic rings. The topological polar surface area (TPSA) is 89.7 Å². The number of carbonyl (C=O) groups is 1. The number of hydrogen-bond donors (Lipinski definition) is 1. The number of nitrogens with one attached hydrogen (secondary N) is 1. The van der Waals surface area contributed by atoms with Gasteiger partial charge in [-0.1, -0.05) is 29.4 Å². The molecule has 1 saturated heterocycles. The Labute approximate surface area is 168 Å². The fourth-order valence-electron chi connectivity index (χ4n) is 3.51. The van der Waals surface area contributed by atoms with Crippen molar-refractivity contribution in [2.45, 2.75) is 18.9 Å². The van der Waals surface area contributed by atoms with E-state index in [2.05, 4.69) is 15.5 Å². The van der Waals surface area contributed by atoms with E-state index < -0.39 is 0 Å². The monoisotopic (exact) mass is 394 g/mol. The van der Waals surface area contributed by atoms with E-state index in [1.54, 1.807) is 31.3 Å². The summed E-state index contributed by atoms with van der Waals surface area (Å²) in [7, 11) is 3.17. The van der Waals surface area contributed by atoms with Gasteiger partial charge in [0.05, 0.1) is 25.5 Å². The van der Waals surface area contributed by atoms with Crippen LogP contribution in [0.3, 0.4) is 0 Å². The molecule has 1 fully saturated rings. The van der Waals surface area contributed by atoms with Crippen molar-refractivity contribution in [2.75, 3.05) is 26.1 Å². The van der Waals surface area contributed by atoms with Gasteiger partial charge in [0, 0.05) is 6.54 Å². The number of carbonyl (C=O) groups excluding carboxylic acids is 1. The number of methoxy groups -OCH3 is 2. The summed E-state index contributed by atoms with van der Waals surface area (Å²) in [4.78, 5) is 19.1. The van der Waals surface area contributed by atoms with Crippen molar-refractivity contribution in [1.29, 1.82) is 0 Å². The first-order valence-corrected chi connectivity index (χ1v) is 9.39. The van der Waals surface area contributed by atoms with Crippen LogP contribution in [0.4, 0.5) is 10.5 Å². The Morgan fingerprint density at radius 2 is 1.83 bits per heavy atom. The van der Waals surface area contributed by atoms with Crippen molar-refractivity contribution in [3.63, 3.8) is 0 Å². The molecule has 1 N–H and O–H groups in total. The molecule has 2 aromatic carbocycles. The molecule has 8 nitrogen and oxygen atoms in total. The second-order valence-corrected chi connectivity index (χ2v) is 6.64. The van der Waals surface area contributed by atoms with Crippen molar-refractivity contribution in [3.8, 4) is 22.9 Å². The van der Waals surface area contributed by atoms with Crippen LogP contribution in [0.1, 0.15) is 24.8 Å². The van der Waals surface area contributed by atoms with Gasteiger partial charge in [-0.3, -0.25) is 0 Å². The van der Waals surface area contributed by atoms with Crippen LogP contribution in [0.15, 0.2) is 53.1 Å². The van der Waals surface area contributed by atoms with Gasteiger partial charge in [0.2, 0.25) is 11.7 Å². The molecular weight excluding hydrogens is 372 g/mol. The van der Waals surface area contributed by atoms with Crippen molar-refractivity contribution >= 4 is 11.7 Å². The molecule has 0 spiro atoms. The molecule has 1 aromatic heterocycles. The number of benzene rings is 2. The van der Waals surface area contributed by atoms with E-state index >= 15 is 0 Å². The SMILES string of the molecule is COc1ccccc1NC(=O)N1CCCC1c1nc(-c2ccccc2OC)no1. The molecule has 1 unspecified atom stereocenters. The number of anilines is 1. The minimum absolute atomic E-state index is 0.228. The highest BCUT2D eigenvalue weighted by molar-refractivity contribution is 5.91. The van der Waals surface area contributed by atoms with E-state index in [1.807, 2.05) is 36.4 Å². The average Bonchev–Trinajstić information content (AvgIpc) is 3.43. The van der Waals surface area contributed by atoms with E-state index in [-0.39, 0.29) is 12.1 Å². The first kappa shape index (κ1) is 18.8. The normalized spacial score (nSPS) is 15.9. The number of hydrogen-bond acceptors (Lipinski definition) is 6. The smallest absolute Gasteiger partial charge is 0.322 e. The molecule has 0 saturated carbocycles. The van der Waals surface area contributed by atoms with Gasteiger partial charge < -0.3 is 24.2 Å². The first-order valence-electron chi connectivity index (χ1n) is 9.39. The Morgan fingerprint density at radius 1 is 1.10 bits per heavy atom. The number of rotatable bonds is 5. The maximum atomic E-state index is 12.9. The molecular formula is C21H22N4O4. The highest BCUT2D eigenvalue weighted by Crippen LogP contribution is 2.34. The average molecular weight is 394 g/mol. The summed E-state index contributed by atoms with van der Waals surface area (Å²) >= 11 is 0. The van der Waals surface area contributed by atoms with Crippen LogP contribution in [0.25, 0.3) is 11.4 Å². The van der Waals surface area contributed by atoms with Crippen LogP contribution in [-0.2, 0) is 0 Å². The predicted molar refractivity (Wildman–Crippen MR) is 107 cm³/mol. The molecule has 2 heterocycles. The zero-order valence-electron chi connectivity index (χ0n) is 16.3. The van der Waals surface area contributed by atoms with Gasteiger partial charge in [0.15, 0.2) is 0 Å². The fraction of sp³-hybridized carbons (Fsp3) is 0.286. The number of nitrogens with zero attached hydrogens (tertiary/aromatic N) is 3. The molecule has 29 heavy (non-hydrogen) atoms. The molecule has 8 heteroatoms. The second-order valence-electron chi connectivity index (χ2n) is 6.64. The Balaban J connectivity index is 1.54. The Bertz CT molecular complexity index is 1000. The number of amides is 2. The van der Waals surface area contributed by atoms with Gasteiger partial charge in [0.1, 0.15) is 17.5 Å². The molecule has 2 amide bonds. The van der Waals surface area contributed by atoms with E-state index in [4.69, 9.17) is 14.0 Å². The minimum atomic E-state index is -0.277. The van der Waals surface area contributed by atoms with Crippen LogP contribution in [-0.4, -0.2) is 41.8 Å². The largest absolute Gasteiger partial charge is 0.496 e. The van der Waals surface area contributed by atoms with Crippen LogP contribution in [0.5, 0.6) is 11.5 Å². The summed E-state index contributed by atoms with van der Waals surface area (Å²) in [6.07, 6.45) is 1.61. The quantitative estimate of drug-likeness (QED) is 0.700. The van der Waals surface area contributed by atoms with Gasteiger partial charge in [-0.25, -0.2) is 4.79 Å². The van der Waals surface area contributed by atoms with Crippen LogP contribution in [0.2, 0.25) is 0 Å². The summed E-state index contributed by atoms with van der Waals surface area (Å²) in [6.45, 7) is 0.609. The maximum absolute atomic E-state index is 12.9. The van der Waals surface area contributed by atoms with Gasteiger partial charge >= 0.3 is 6.03 Å². The van der Waals surface area contributed by atoms with E-state index in [0.29, 0.717) is 35.4 Å². The third kappa shape index (κ3) is 3.73. The Morgan fingerprint density at radius 3 is 2.62 bits per heavy atom. The van der Waals surface area contributed by atoms with Crippen LogP contribution >= 0.6 is 0 Å². The molecule has 1 atom stereocenters. The summed E-state index contributed by atoms with van der Waals surface area (Å²) in [5.41, 5.74) is 1.36. The number of likely N-dealkylation sites (tertiary alicyclic amines) is 1. The van der Waals surface area contributed by atoms with Crippen molar-refractivity contribution in [2.24, 2.45) is 0 Å². The zero-order chi connectivity index (χ0) is 20.2. The van der Waals surface area contributed by atoms with Crippen molar-refractivity contribution in [3.05, 3.63) is 54.4 Å². The lowest BCUT2D eigenvalue weighted by atomic mass is 10.2. The molecule has 0 aliphatic carbocycles. The van der Waals surface area contributed by atoms with Gasteiger partial charge in [-0.2, -0.15) is 4.98 Å². The third-order valence-electron chi connectivity index (χ3n) is 4.94. The molecule has 1 aliphatic rings. The zero-order valence-corrected chi connectivity index (χ0v) is 16.3. The number of urea groups is 1. The molecule has 0 radical (unpaired) electrons. The molecule has 4 rings (SSSR count). The lowest BCUT2D eigenvalue weighted by Gasteiger charge is -2.22. The van der Waals surface area contributed by atoms with Gasteiger partial charge in [0.25, 0.3) is 0 Å². The summed E-state index contributed by atoms with van der Waals surface area (Å²) in [6, 6.07) is 14.3. The van der Waals surface area contributed by atoms with Crippen molar-refractivity contribution < 1.29 is 18.8 Å². The van der Waals surface area contributed by atoms with Gasteiger partial charge in [-0.15, -0.1) is 0 Å². The summed E-state index contributed by atoms with van der Waals surface area (Å²) in [5, 5.41) is 7.01. The number of aromatic nitrogens is 2. The van der Waals surface area contributed by atoms with Crippen LogP contribution in [0, 0.1) is 0 Å². The maximum Gasteiger partial charge on any atom is 0.322 e. The van der Waals surface area contributed by atoms with E-state index in [0.717, 1.165) is 18.4 Å². The van der Waals surface area contributed by atoms with E-state index in [9.17, 15) is 4.79 Å². The van der Waals surface area contributed by atoms with E-state index in [1.165, 1.54) is 0 Å². The summed E-state index contributed by atoms with van der Waals surface area (Å²) in [5.74, 6) is 2.12. The van der Waals surface area contributed by atoms with Crippen molar-refractivity contribution in [1.82, 2.24) is 15.0 Å². The fourth-order valence-corrected chi connectivity index (χ4v) is 3.51. The number of ether oxygens (including phenoxy) is 2. The molecule has 0 bridgehead atoms.